The number of aromatic amines is 1. The maximum absolute atomic E-state index is 13.9. The number of carbonyl (C=O) groups is 2. The van der Waals surface area contributed by atoms with Crippen LogP contribution in [0.25, 0.3) is 39.1 Å². The Hall–Kier alpha value is -5.26. The summed E-state index contributed by atoms with van der Waals surface area (Å²) in [6, 6.07) is 20.4. The first kappa shape index (κ1) is 31.3. The number of halogens is 1. The zero-order chi connectivity index (χ0) is 33.3. The van der Waals surface area contributed by atoms with Gasteiger partial charge in [0.05, 0.1) is 17.8 Å². The van der Waals surface area contributed by atoms with E-state index in [-0.39, 0.29) is 24.2 Å². The highest BCUT2D eigenvalue weighted by atomic mass is 19.1. The van der Waals surface area contributed by atoms with Crippen LogP contribution in [0.15, 0.2) is 85.2 Å². The highest BCUT2D eigenvalue weighted by Crippen LogP contribution is 2.32. The second-order valence-corrected chi connectivity index (χ2v) is 12.4. The van der Waals surface area contributed by atoms with Gasteiger partial charge in [-0.15, -0.1) is 0 Å². The summed E-state index contributed by atoms with van der Waals surface area (Å²) in [7, 11) is 1.54. The third-order valence-corrected chi connectivity index (χ3v) is 9.37. The number of ether oxygens (including phenoxy) is 1. The number of nitrogens with zero attached hydrogens (tertiary/aromatic N) is 5. The number of anilines is 1. The van der Waals surface area contributed by atoms with Gasteiger partial charge in [0.25, 0.3) is 5.91 Å². The number of benzene rings is 3. The number of carbonyl (C=O) groups excluding carboxylic acids is 2. The minimum atomic E-state index is -1.09. The van der Waals surface area contributed by atoms with Gasteiger partial charge >= 0.3 is 0 Å². The minimum Gasteiger partial charge on any atom is -0.367 e. The lowest BCUT2D eigenvalue weighted by Crippen LogP contribution is -2.48. The average molecular weight is 646 g/mol. The van der Waals surface area contributed by atoms with E-state index in [2.05, 4.69) is 43.7 Å². The molecule has 2 amide bonds. The topological polar surface area (TPSA) is 116 Å². The molecule has 3 aromatic carbocycles. The lowest BCUT2D eigenvalue weighted by atomic mass is 9.98. The van der Waals surface area contributed by atoms with E-state index in [1.165, 1.54) is 18.7 Å². The van der Waals surface area contributed by atoms with Gasteiger partial charge in [-0.25, -0.2) is 14.4 Å². The average Bonchev–Trinajstić information content (AvgIpc) is 3.75. The van der Waals surface area contributed by atoms with Crippen LogP contribution in [0.1, 0.15) is 24.0 Å². The smallest absolute Gasteiger partial charge is 0.258 e. The number of nitrogens with one attached hydrogen (secondary N) is 2. The number of hydrogen-bond acceptors (Lipinski definition) is 7. The predicted octanol–water partition coefficient (Wildman–Crippen LogP) is 5.48. The van der Waals surface area contributed by atoms with Crippen molar-refractivity contribution in [1.29, 1.82) is 0 Å². The zero-order valence-corrected chi connectivity index (χ0v) is 26.9. The summed E-state index contributed by atoms with van der Waals surface area (Å²) in [5, 5.41) is 11.3. The molecule has 1 fully saturated rings. The van der Waals surface area contributed by atoms with E-state index in [0.717, 1.165) is 34.0 Å². The van der Waals surface area contributed by atoms with Gasteiger partial charge in [-0.3, -0.25) is 19.6 Å². The van der Waals surface area contributed by atoms with E-state index in [1.807, 2.05) is 40.1 Å². The van der Waals surface area contributed by atoms with Crippen molar-refractivity contribution in [3.63, 3.8) is 0 Å². The van der Waals surface area contributed by atoms with E-state index in [0.29, 0.717) is 55.4 Å². The number of amides is 2. The molecular formula is C37H36FN7O3. The molecule has 0 spiro atoms. The second-order valence-electron chi connectivity index (χ2n) is 12.4. The number of fused-ring (bicyclic) bond motifs is 1. The third-order valence-electron chi connectivity index (χ3n) is 9.37. The Bertz CT molecular complexity index is 2010. The van der Waals surface area contributed by atoms with Crippen LogP contribution in [-0.2, 0) is 14.3 Å². The molecule has 4 heterocycles. The lowest BCUT2D eigenvalue weighted by molar-refractivity contribution is -0.138. The minimum absolute atomic E-state index is 0.0307. The lowest BCUT2D eigenvalue weighted by Gasteiger charge is -2.30. The number of aryl methyl sites for hydroxylation is 1. The number of hydrogen-bond donors (Lipinski definition) is 2. The van der Waals surface area contributed by atoms with Gasteiger partial charge in [0.1, 0.15) is 5.82 Å². The van der Waals surface area contributed by atoms with E-state index in [4.69, 9.17) is 4.74 Å². The van der Waals surface area contributed by atoms with Crippen LogP contribution in [0.2, 0.25) is 0 Å². The summed E-state index contributed by atoms with van der Waals surface area (Å²) in [6.45, 7) is 3.97. The van der Waals surface area contributed by atoms with E-state index in [1.54, 1.807) is 37.5 Å². The first-order valence-electron chi connectivity index (χ1n) is 16.0. The van der Waals surface area contributed by atoms with Crippen LogP contribution >= 0.6 is 0 Å². The summed E-state index contributed by atoms with van der Waals surface area (Å²) in [4.78, 5) is 39.4. The van der Waals surface area contributed by atoms with Crippen molar-refractivity contribution >= 4 is 34.0 Å². The van der Waals surface area contributed by atoms with Gasteiger partial charge in [0.2, 0.25) is 5.91 Å². The monoisotopic (exact) mass is 645 g/mol. The van der Waals surface area contributed by atoms with Gasteiger partial charge in [0, 0.05) is 67.9 Å². The fourth-order valence-electron chi connectivity index (χ4n) is 6.52. The van der Waals surface area contributed by atoms with Gasteiger partial charge < -0.3 is 15.0 Å². The molecular weight excluding hydrogens is 609 g/mol. The fourth-order valence-corrected chi connectivity index (χ4v) is 6.52. The highest BCUT2D eigenvalue weighted by Gasteiger charge is 2.45. The number of H-pyrrole nitrogens is 1. The molecule has 1 saturated heterocycles. The Morgan fingerprint density at radius 1 is 1.00 bits per heavy atom. The molecule has 1 atom stereocenters. The summed E-state index contributed by atoms with van der Waals surface area (Å²) in [5.41, 5.74) is 5.59. The maximum atomic E-state index is 13.9. The predicted molar refractivity (Wildman–Crippen MR) is 182 cm³/mol. The molecule has 2 aliphatic heterocycles. The molecule has 0 saturated carbocycles. The van der Waals surface area contributed by atoms with E-state index in [9.17, 15) is 14.0 Å². The van der Waals surface area contributed by atoms with Gasteiger partial charge in [-0.05, 0) is 78.9 Å². The van der Waals surface area contributed by atoms with Crippen LogP contribution in [0.5, 0.6) is 0 Å². The zero-order valence-electron chi connectivity index (χ0n) is 26.9. The fraction of sp³-hybridized carbons (Fsp3) is 0.270. The maximum Gasteiger partial charge on any atom is 0.258 e. The van der Waals surface area contributed by atoms with Gasteiger partial charge in [-0.2, -0.15) is 5.10 Å². The quantitative estimate of drug-likeness (QED) is 0.230. The second kappa shape index (κ2) is 13.1. The van der Waals surface area contributed by atoms with Crippen LogP contribution in [0.4, 0.5) is 10.1 Å². The number of aromatic nitrogens is 4. The van der Waals surface area contributed by atoms with Gasteiger partial charge in [-0.1, -0.05) is 30.3 Å². The summed E-state index contributed by atoms with van der Waals surface area (Å²) >= 11 is 0. The van der Waals surface area contributed by atoms with Crippen LogP contribution in [0.3, 0.4) is 0 Å². The van der Waals surface area contributed by atoms with Crippen molar-refractivity contribution in [2.75, 3.05) is 45.2 Å². The largest absolute Gasteiger partial charge is 0.367 e. The van der Waals surface area contributed by atoms with Crippen LogP contribution in [0, 0.1) is 12.7 Å². The summed E-state index contributed by atoms with van der Waals surface area (Å²) in [6.07, 6.45) is 6.81. The Labute approximate surface area is 277 Å². The Morgan fingerprint density at radius 2 is 1.77 bits per heavy atom. The van der Waals surface area contributed by atoms with Crippen molar-refractivity contribution < 1.29 is 18.7 Å². The van der Waals surface area contributed by atoms with Gasteiger partial charge in [0.15, 0.2) is 11.4 Å². The Kier molecular flexibility index (Phi) is 8.55. The molecule has 0 radical (unpaired) electrons. The molecule has 48 heavy (non-hydrogen) atoms. The molecule has 7 rings (SSSR count). The first-order valence-corrected chi connectivity index (χ1v) is 16.0. The van der Waals surface area contributed by atoms with Crippen LogP contribution < -0.4 is 5.32 Å². The molecule has 2 aromatic heterocycles. The van der Waals surface area contributed by atoms with Crippen molar-refractivity contribution in [2.45, 2.75) is 25.4 Å². The molecule has 10 nitrogen and oxygen atoms in total. The number of likely N-dealkylation sites (tertiary alicyclic amines) is 1. The molecule has 244 valence electrons. The normalized spacial score (nSPS) is 18.2. The molecule has 5 aromatic rings. The Balaban J connectivity index is 0.966. The number of methoxy groups -OCH3 is 1. The molecule has 0 aliphatic carbocycles. The number of rotatable bonds is 8. The SMILES string of the molecule is CO[C@@]1(C(=O)Nc2ccc3[nH]nc(-c4ccc(F)c(C)c4)c3c2)CCN(CC(=O)N2CC=C(c3ccc(-c4ncccn4)cc3)CC2)C1. The van der Waals surface area contributed by atoms with Crippen LogP contribution in [-0.4, -0.2) is 87.2 Å². The molecule has 2 N–H and O–H groups in total. The van der Waals surface area contributed by atoms with E-state index >= 15 is 0 Å². The molecule has 0 bridgehead atoms. The summed E-state index contributed by atoms with van der Waals surface area (Å²) in [5.74, 6) is 0.182. The highest BCUT2D eigenvalue weighted by molar-refractivity contribution is 6.01. The summed E-state index contributed by atoms with van der Waals surface area (Å²) < 4.78 is 19.7. The molecule has 0 unspecified atom stereocenters. The first-order chi connectivity index (χ1) is 23.3. The van der Waals surface area contributed by atoms with E-state index < -0.39 is 5.60 Å². The molecule has 2 aliphatic rings. The Morgan fingerprint density at radius 3 is 2.50 bits per heavy atom. The molecule has 11 heteroatoms. The van der Waals surface area contributed by atoms with Crippen molar-refractivity contribution in [2.24, 2.45) is 0 Å². The van der Waals surface area contributed by atoms with Crippen molar-refractivity contribution in [1.82, 2.24) is 30.0 Å². The standard InChI is InChI=1S/C37H36FN7O3/c1-24-20-28(8-10-31(24)38)34-30-21-29(9-11-32(30)42-43-34)41-36(47)37(48-2)14-19-44(23-37)22-33(46)45-17-12-26(13-18-45)25-4-6-27(7-5-25)35-39-15-3-16-40-35/h3-12,15-16,20-21H,13-14,17-19,22-23H2,1-2H3,(H,41,47)(H,42,43)/t37-/m0/s1. The van der Waals surface area contributed by atoms with Crippen molar-refractivity contribution in [3.8, 4) is 22.6 Å². The van der Waals surface area contributed by atoms with Crippen molar-refractivity contribution in [3.05, 3.63) is 102 Å². The third kappa shape index (κ3) is 6.22.